The molecule has 7 heteroatoms. The summed E-state index contributed by atoms with van der Waals surface area (Å²) in [4.78, 5) is 2.21. The van der Waals surface area contributed by atoms with Crippen molar-refractivity contribution in [2.45, 2.75) is 11.8 Å². The topological polar surface area (TPSA) is 75.4 Å². The average molecular weight is 336 g/mol. The number of nitrogens with two attached hydrogens (primary N) is 1. The van der Waals surface area contributed by atoms with Crippen LogP contribution >= 0.6 is 15.9 Å². The molecule has 0 bridgehead atoms. The predicted octanol–water partition coefficient (Wildman–Crippen LogP) is 1.26. The van der Waals surface area contributed by atoms with E-state index in [1.807, 2.05) is 18.9 Å². The fourth-order valence-electron chi connectivity index (χ4n) is 1.30. The molecule has 0 aliphatic rings. The second-order valence-electron chi connectivity index (χ2n) is 3.98. The summed E-state index contributed by atoms with van der Waals surface area (Å²) in [5.74, 6) is 0. The summed E-state index contributed by atoms with van der Waals surface area (Å²) in [5.41, 5.74) is 6.07. The zero-order valence-corrected chi connectivity index (χ0v) is 12.9. The third kappa shape index (κ3) is 4.24. The van der Waals surface area contributed by atoms with Crippen LogP contribution in [0.1, 0.15) is 6.92 Å². The highest BCUT2D eigenvalue weighted by Crippen LogP contribution is 2.22. The molecular weight excluding hydrogens is 318 g/mol. The first-order valence-corrected chi connectivity index (χ1v) is 7.87. The lowest BCUT2D eigenvalue weighted by atomic mass is 10.3. The number of likely N-dealkylation sites (N-methyl/N-ethyl adjacent to an activating group) is 1. The lowest BCUT2D eigenvalue weighted by Gasteiger charge is -2.14. The first-order valence-electron chi connectivity index (χ1n) is 5.60. The van der Waals surface area contributed by atoms with Crippen molar-refractivity contribution >= 4 is 31.6 Å². The number of rotatable bonds is 6. The smallest absolute Gasteiger partial charge is 0.240 e. The number of nitrogens with one attached hydrogen (secondary N) is 1. The molecule has 0 unspecified atom stereocenters. The summed E-state index contributed by atoms with van der Waals surface area (Å²) >= 11 is 3.23. The third-order valence-corrected chi connectivity index (χ3v) is 4.78. The predicted molar refractivity (Wildman–Crippen MR) is 76.9 cm³/mol. The van der Waals surface area contributed by atoms with Crippen molar-refractivity contribution in [3.63, 3.8) is 0 Å². The maximum absolute atomic E-state index is 12.0. The van der Waals surface area contributed by atoms with E-state index in [9.17, 15) is 8.42 Å². The summed E-state index contributed by atoms with van der Waals surface area (Å²) in [6.07, 6.45) is 0. The van der Waals surface area contributed by atoms with E-state index in [2.05, 4.69) is 20.7 Å². The minimum Gasteiger partial charge on any atom is -0.398 e. The highest BCUT2D eigenvalue weighted by molar-refractivity contribution is 9.10. The van der Waals surface area contributed by atoms with Crippen molar-refractivity contribution in [2.24, 2.45) is 0 Å². The van der Waals surface area contributed by atoms with Crippen LogP contribution in [0.25, 0.3) is 0 Å². The van der Waals surface area contributed by atoms with E-state index in [0.717, 1.165) is 6.54 Å². The summed E-state index contributed by atoms with van der Waals surface area (Å²) in [6, 6.07) is 4.59. The molecule has 0 heterocycles. The third-order valence-electron chi connectivity index (χ3n) is 2.60. The van der Waals surface area contributed by atoms with E-state index in [4.69, 9.17) is 5.73 Å². The fraction of sp³-hybridized carbons (Fsp3) is 0.455. The van der Waals surface area contributed by atoms with Crippen LogP contribution in [-0.4, -0.2) is 40.0 Å². The first kappa shape index (κ1) is 15.4. The van der Waals surface area contributed by atoms with Crippen molar-refractivity contribution in [1.82, 2.24) is 9.62 Å². The van der Waals surface area contributed by atoms with Crippen LogP contribution < -0.4 is 10.5 Å². The molecule has 102 valence electrons. The minimum atomic E-state index is -3.48. The van der Waals surface area contributed by atoms with Crippen LogP contribution in [0.5, 0.6) is 0 Å². The zero-order chi connectivity index (χ0) is 13.8. The van der Waals surface area contributed by atoms with Gasteiger partial charge >= 0.3 is 0 Å². The summed E-state index contributed by atoms with van der Waals surface area (Å²) in [7, 11) is -1.54. The monoisotopic (exact) mass is 335 g/mol. The van der Waals surface area contributed by atoms with E-state index >= 15 is 0 Å². The summed E-state index contributed by atoms with van der Waals surface area (Å²) in [5, 5.41) is 0. The van der Waals surface area contributed by atoms with Crippen LogP contribution in [0.2, 0.25) is 0 Å². The van der Waals surface area contributed by atoms with Gasteiger partial charge < -0.3 is 10.6 Å². The SMILES string of the molecule is CCN(C)CCNS(=O)(=O)c1ccc(Br)c(N)c1. The van der Waals surface area contributed by atoms with Gasteiger partial charge in [-0.3, -0.25) is 0 Å². The van der Waals surface area contributed by atoms with Crippen molar-refractivity contribution in [3.05, 3.63) is 22.7 Å². The van der Waals surface area contributed by atoms with Gasteiger partial charge in [-0.1, -0.05) is 6.92 Å². The maximum atomic E-state index is 12.0. The molecule has 0 radical (unpaired) electrons. The van der Waals surface area contributed by atoms with Gasteiger partial charge in [0.1, 0.15) is 0 Å². The molecule has 0 aliphatic heterocycles. The van der Waals surface area contributed by atoms with Crippen LogP contribution in [0.4, 0.5) is 5.69 Å². The Morgan fingerprint density at radius 3 is 2.67 bits per heavy atom. The van der Waals surface area contributed by atoms with Crippen LogP contribution in [0.3, 0.4) is 0 Å². The molecule has 0 saturated carbocycles. The van der Waals surface area contributed by atoms with E-state index in [-0.39, 0.29) is 4.90 Å². The Kier molecular flexibility index (Phi) is 5.58. The second kappa shape index (κ2) is 6.51. The van der Waals surface area contributed by atoms with Crippen LogP contribution in [0, 0.1) is 0 Å². The molecule has 0 fully saturated rings. The van der Waals surface area contributed by atoms with Crippen LogP contribution in [0.15, 0.2) is 27.6 Å². The quantitative estimate of drug-likeness (QED) is 0.767. The fourth-order valence-corrected chi connectivity index (χ4v) is 2.60. The van der Waals surface area contributed by atoms with Gasteiger partial charge in [0.25, 0.3) is 0 Å². The Balaban J connectivity index is 2.71. The maximum Gasteiger partial charge on any atom is 0.240 e. The molecule has 0 aliphatic carbocycles. The van der Waals surface area contributed by atoms with E-state index in [1.54, 1.807) is 6.07 Å². The van der Waals surface area contributed by atoms with Gasteiger partial charge in [-0.25, -0.2) is 13.1 Å². The molecule has 0 aromatic heterocycles. The van der Waals surface area contributed by atoms with Crippen molar-refractivity contribution < 1.29 is 8.42 Å². The molecule has 0 atom stereocenters. The van der Waals surface area contributed by atoms with E-state index < -0.39 is 10.0 Å². The number of nitrogens with zero attached hydrogens (tertiary/aromatic N) is 1. The number of sulfonamides is 1. The molecule has 0 spiro atoms. The van der Waals surface area contributed by atoms with E-state index in [1.165, 1.54) is 12.1 Å². The molecule has 18 heavy (non-hydrogen) atoms. The van der Waals surface area contributed by atoms with Gasteiger partial charge in [-0.15, -0.1) is 0 Å². The van der Waals surface area contributed by atoms with Gasteiger partial charge in [0.2, 0.25) is 10.0 Å². The van der Waals surface area contributed by atoms with Gasteiger partial charge in [-0.05, 0) is 47.7 Å². The number of anilines is 1. The Labute approximate surface area is 117 Å². The number of hydrogen-bond acceptors (Lipinski definition) is 4. The lowest BCUT2D eigenvalue weighted by Crippen LogP contribution is -2.32. The highest BCUT2D eigenvalue weighted by Gasteiger charge is 2.14. The molecule has 1 aromatic rings. The summed E-state index contributed by atoms with van der Waals surface area (Å²) < 4.78 is 27.2. The molecule has 1 rings (SSSR count). The van der Waals surface area contributed by atoms with Gasteiger partial charge in [0.05, 0.1) is 4.90 Å². The molecule has 3 N–H and O–H groups in total. The number of hydrogen-bond donors (Lipinski definition) is 2. The minimum absolute atomic E-state index is 0.183. The molecular formula is C11H18BrN3O2S. The van der Waals surface area contributed by atoms with E-state index in [0.29, 0.717) is 23.2 Å². The zero-order valence-electron chi connectivity index (χ0n) is 10.5. The second-order valence-corrected chi connectivity index (χ2v) is 6.60. The van der Waals surface area contributed by atoms with Gasteiger partial charge in [0.15, 0.2) is 0 Å². The Hall–Kier alpha value is -0.630. The Morgan fingerprint density at radius 1 is 1.44 bits per heavy atom. The van der Waals surface area contributed by atoms with Gasteiger partial charge in [0, 0.05) is 23.2 Å². The molecule has 1 aromatic carbocycles. The van der Waals surface area contributed by atoms with Crippen molar-refractivity contribution in [3.8, 4) is 0 Å². The summed E-state index contributed by atoms with van der Waals surface area (Å²) in [6.45, 7) is 3.95. The normalized spacial score (nSPS) is 12.0. The van der Waals surface area contributed by atoms with Crippen molar-refractivity contribution in [2.75, 3.05) is 32.4 Å². The lowest BCUT2D eigenvalue weighted by molar-refractivity contribution is 0.358. The number of benzene rings is 1. The average Bonchev–Trinajstić information content (AvgIpc) is 2.32. The molecule has 0 amide bonds. The highest BCUT2D eigenvalue weighted by atomic mass is 79.9. The molecule has 5 nitrogen and oxygen atoms in total. The number of nitrogen functional groups attached to an aromatic ring is 1. The number of halogens is 1. The Bertz CT molecular complexity index is 505. The Morgan fingerprint density at radius 2 is 2.11 bits per heavy atom. The standard InChI is InChI=1S/C11H18BrN3O2S/c1-3-15(2)7-6-14-18(16,17)9-4-5-10(12)11(13)8-9/h4-5,8,14H,3,6-7,13H2,1-2H3. The van der Waals surface area contributed by atoms with Gasteiger partial charge in [-0.2, -0.15) is 0 Å². The largest absolute Gasteiger partial charge is 0.398 e. The molecule has 0 saturated heterocycles. The van der Waals surface area contributed by atoms with Crippen molar-refractivity contribution in [1.29, 1.82) is 0 Å². The first-order chi connectivity index (χ1) is 8.36. The van der Waals surface area contributed by atoms with Crippen LogP contribution in [-0.2, 0) is 10.0 Å².